The quantitative estimate of drug-likeness (QED) is 0.364. The smallest absolute Gasteiger partial charge is 0.299 e. The molecule has 0 atom stereocenters. The Morgan fingerprint density at radius 2 is 1.70 bits per heavy atom. The summed E-state index contributed by atoms with van der Waals surface area (Å²) >= 11 is 0. The lowest BCUT2D eigenvalue weighted by molar-refractivity contribution is -0.393. The van der Waals surface area contributed by atoms with E-state index in [9.17, 15) is 25.0 Å². The number of nitro benzene ring substituents is 2. The molecule has 0 unspecified atom stereocenters. The zero-order valence-electron chi connectivity index (χ0n) is 12.7. The Labute approximate surface area is 133 Å². The minimum Gasteiger partial charge on any atom is -0.379 e. The maximum absolute atomic E-state index is 11.0. The first kappa shape index (κ1) is 18.3. The van der Waals surface area contributed by atoms with E-state index in [2.05, 4.69) is 5.32 Å². The summed E-state index contributed by atoms with van der Waals surface area (Å²) < 4.78 is 0. The largest absolute Gasteiger partial charge is 0.379 e. The van der Waals surface area contributed by atoms with Crippen molar-refractivity contribution in [2.24, 2.45) is 5.73 Å². The van der Waals surface area contributed by atoms with Crippen LogP contribution in [0.2, 0.25) is 0 Å². The van der Waals surface area contributed by atoms with Crippen molar-refractivity contribution in [3.63, 3.8) is 0 Å². The molecule has 0 saturated heterocycles. The molecule has 9 heteroatoms. The van der Waals surface area contributed by atoms with E-state index in [1.54, 1.807) is 0 Å². The van der Waals surface area contributed by atoms with Crippen LogP contribution < -0.4 is 11.1 Å². The molecule has 9 nitrogen and oxygen atoms in total. The second-order valence-electron chi connectivity index (χ2n) is 5.13. The predicted octanol–water partition coefficient (Wildman–Crippen LogP) is 2.74. The van der Waals surface area contributed by atoms with E-state index in [0.29, 0.717) is 13.0 Å². The number of non-ortho nitro benzene ring substituents is 1. The van der Waals surface area contributed by atoms with Gasteiger partial charge in [0.05, 0.1) is 15.9 Å². The zero-order valence-corrected chi connectivity index (χ0v) is 12.7. The predicted molar refractivity (Wildman–Crippen MR) is 85.1 cm³/mol. The van der Waals surface area contributed by atoms with Gasteiger partial charge in [-0.15, -0.1) is 0 Å². The number of benzene rings is 1. The molecule has 0 saturated carbocycles. The number of rotatable bonds is 11. The Kier molecular flexibility index (Phi) is 7.44. The summed E-state index contributed by atoms with van der Waals surface area (Å²) in [6, 6.07) is 3.54. The van der Waals surface area contributed by atoms with Gasteiger partial charge in [-0.25, -0.2) is 0 Å². The minimum absolute atomic E-state index is 0.273. The lowest BCUT2D eigenvalue weighted by Gasteiger charge is -2.07. The summed E-state index contributed by atoms with van der Waals surface area (Å²) in [6.45, 7) is 0.536. The molecule has 0 heterocycles. The molecular formula is C14H20N4O5. The summed E-state index contributed by atoms with van der Waals surface area (Å²) in [6.07, 6.45) is 4.78. The molecule has 0 aliphatic heterocycles. The number of unbranched alkanes of at least 4 members (excludes halogenated alkanes) is 4. The Bertz CT molecular complexity index is 576. The summed E-state index contributed by atoms with van der Waals surface area (Å²) in [7, 11) is 0. The molecule has 126 valence electrons. The number of nitrogens with one attached hydrogen (secondary N) is 1. The second kappa shape index (κ2) is 9.34. The molecule has 0 aromatic heterocycles. The van der Waals surface area contributed by atoms with Gasteiger partial charge in [-0.1, -0.05) is 19.3 Å². The number of nitrogens with zero attached hydrogens (tertiary/aromatic N) is 2. The number of amides is 1. The van der Waals surface area contributed by atoms with Gasteiger partial charge in [0.1, 0.15) is 5.69 Å². The van der Waals surface area contributed by atoms with Gasteiger partial charge in [-0.05, 0) is 18.9 Å². The molecule has 3 N–H and O–H groups in total. The van der Waals surface area contributed by atoms with Crippen molar-refractivity contribution in [1.29, 1.82) is 0 Å². The highest BCUT2D eigenvalue weighted by molar-refractivity contribution is 5.73. The summed E-state index contributed by atoms with van der Waals surface area (Å²) in [5.74, 6) is -0.294. The number of anilines is 1. The molecule has 0 bridgehead atoms. The number of nitrogens with two attached hydrogens (primary N) is 1. The van der Waals surface area contributed by atoms with Gasteiger partial charge in [0, 0.05) is 19.0 Å². The third kappa shape index (κ3) is 6.72. The van der Waals surface area contributed by atoms with Gasteiger partial charge in [0.2, 0.25) is 5.91 Å². The molecule has 1 aromatic rings. The number of carbonyl (C=O) groups is 1. The molecular weight excluding hydrogens is 304 g/mol. The van der Waals surface area contributed by atoms with Crippen LogP contribution in [0.25, 0.3) is 0 Å². The molecule has 1 amide bonds. The van der Waals surface area contributed by atoms with Crippen molar-refractivity contribution in [3.05, 3.63) is 38.4 Å². The van der Waals surface area contributed by atoms with Crippen LogP contribution in [-0.4, -0.2) is 22.3 Å². The Morgan fingerprint density at radius 3 is 2.30 bits per heavy atom. The number of hydrogen-bond donors (Lipinski definition) is 2. The van der Waals surface area contributed by atoms with Crippen LogP contribution in [0.5, 0.6) is 0 Å². The first-order valence-corrected chi connectivity index (χ1v) is 7.37. The van der Waals surface area contributed by atoms with Crippen molar-refractivity contribution in [3.8, 4) is 0 Å². The van der Waals surface area contributed by atoms with Crippen LogP contribution >= 0.6 is 0 Å². The summed E-state index contributed by atoms with van der Waals surface area (Å²) in [5, 5.41) is 24.5. The topological polar surface area (TPSA) is 141 Å². The van der Waals surface area contributed by atoms with Crippen molar-refractivity contribution >= 4 is 23.0 Å². The third-order valence-corrected chi connectivity index (χ3v) is 3.30. The maximum Gasteiger partial charge on any atom is 0.299 e. The molecule has 0 radical (unpaired) electrons. The van der Waals surface area contributed by atoms with Crippen LogP contribution in [0, 0.1) is 20.2 Å². The SMILES string of the molecule is NC(=O)CCCCCCCNc1ccc([N+](=O)[O-])cc1[N+](=O)[O-]. The van der Waals surface area contributed by atoms with Crippen LogP contribution in [0.3, 0.4) is 0 Å². The minimum atomic E-state index is -0.664. The Balaban J connectivity index is 2.38. The molecule has 0 spiro atoms. The number of hydrogen-bond acceptors (Lipinski definition) is 6. The van der Waals surface area contributed by atoms with Crippen molar-refractivity contribution in [1.82, 2.24) is 0 Å². The van der Waals surface area contributed by atoms with Gasteiger partial charge in [-0.2, -0.15) is 0 Å². The highest BCUT2D eigenvalue weighted by Gasteiger charge is 2.18. The van der Waals surface area contributed by atoms with E-state index in [1.807, 2.05) is 0 Å². The molecule has 0 aliphatic rings. The van der Waals surface area contributed by atoms with Gasteiger partial charge in [-0.3, -0.25) is 25.0 Å². The highest BCUT2D eigenvalue weighted by Crippen LogP contribution is 2.28. The van der Waals surface area contributed by atoms with Gasteiger partial charge in [0.15, 0.2) is 0 Å². The van der Waals surface area contributed by atoms with Crippen LogP contribution in [0.1, 0.15) is 38.5 Å². The fourth-order valence-corrected chi connectivity index (χ4v) is 2.11. The van der Waals surface area contributed by atoms with Crippen molar-refractivity contribution < 1.29 is 14.6 Å². The lowest BCUT2D eigenvalue weighted by Crippen LogP contribution is -2.09. The normalized spacial score (nSPS) is 10.3. The first-order chi connectivity index (χ1) is 10.9. The molecule has 1 rings (SSSR count). The van der Waals surface area contributed by atoms with Gasteiger partial charge in [0.25, 0.3) is 11.4 Å². The third-order valence-electron chi connectivity index (χ3n) is 3.30. The number of nitro groups is 2. The molecule has 23 heavy (non-hydrogen) atoms. The van der Waals surface area contributed by atoms with Crippen LogP contribution in [0.4, 0.5) is 17.1 Å². The van der Waals surface area contributed by atoms with E-state index < -0.39 is 9.85 Å². The highest BCUT2D eigenvalue weighted by atomic mass is 16.6. The summed E-state index contributed by atoms with van der Waals surface area (Å²) in [4.78, 5) is 30.9. The van der Waals surface area contributed by atoms with E-state index in [-0.39, 0.29) is 23.0 Å². The zero-order chi connectivity index (χ0) is 17.2. The van der Waals surface area contributed by atoms with E-state index >= 15 is 0 Å². The fraction of sp³-hybridized carbons (Fsp3) is 0.500. The Morgan fingerprint density at radius 1 is 1.04 bits per heavy atom. The van der Waals surface area contributed by atoms with E-state index in [1.165, 1.54) is 12.1 Å². The maximum atomic E-state index is 11.0. The Hall–Kier alpha value is -2.71. The fourth-order valence-electron chi connectivity index (χ4n) is 2.11. The number of primary amides is 1. The van der Waals surface area contributed by atoms with Crippen molar-refractivity contribution in [2.75, 3.05) is 11.9 Å². The number of carbonyl (C=O) groups excluding carboxylic acids is 1. The average Bonchev–Trinajstić information content (AvgIpc) is 2.49. The average molecular weight is 324 g/mol. The van der Waals surface area contributed by atoms with Crippen LogP contribution in [-0.2, 0) is 4.79 Å². The molecule has 1 aromatic carbocycles. The first-order valence-electron chi connectivity index (χ1n) is 7.37. The van der Waals surface area contributed by atoms with Crippen molar-refractivity contribution in [2.45, 2.75) is 38.5 Å². The van der Waals surface area contributed by atoms with Crippen LogP contribution in [0.15, 0.2) is 18.2 Å². The van der Waals surface area contributed by atoms with Gasteiger partial charge >= 0.3 is 0 Å². The molecule has 0 aliphatic carbocycles. The lowest BCUT2D eigenvalue weighted by atomic mass is 10.1. The second-order valence-corrected chi connectivity index (χ2v) is 5.13. The summed E-state index contributed by atoms with van der Waals surface area (Å²) in [5.41, 5.74) is 4.70. The van der Waals surface area contributed by atoms with E-state index in [0.717, 1.165) is 38.2 Å². The van der Waals surface area contributed by atoms with Gasteiger partial charge < -0.3 is 11.1 Å². The standard InChI is InChI=1S/C14H20N4O5/c15-14(19)6-4-2-1-3-5-9-16-12-8-7-11(17(20)21)10-13(12)18(22)23/h7-8,10,16H,1-6,9H2,(H2,15,19). The molecule has 0 fully saturated rings. The van der Waals surface area contributed by atoms with E-state index in [4.69, 9.17) is 5.73 Å². The monoisotopic (exact) mass is 324 g/mol.